The van der Waals surface area contributed by atoms with Crippen LogP contribution in [0, 0.1) is 0 Å². The van der Waals surface area contributed by atoms with E-state index in [0.717, 1.165) is 31.9 Å². The Morgan fingerprint density at radius 2 is 2.21 bits per heavy atom. The van der Waals surface area contributed by atoms with Gasteiger partial charge in [-0.2, -0.15) is 10.1 Å². The average Bonchev–Trinajstić information content (AvgIpc) is 3.05. The van der Waals surface area contributed by atoms with Gasteiger partial charge in [0.05, 0.1) is 12.2 Å². The van der Waals surface area contributed by atoms with Crippen LogP contribution in [0.3, 0.4) is 0 Å². The molecule has 1 unspecified atom stereocenters. The van der Waals surface area contributed by atoms with Crippen molar-refractivity contribution in [2.75, 3.05) is 23.3 Å². The van der Waals surface area contributed by atoms with Gasteiger partial charge in [0, 0.05) is 19.6 Å². The van der Waals surface area contributed by atoms with Crippen molar-refractivity contribution in [3.05, 3.63) is 35.0 Å². The number of anilines is 2. The quantitative estimate of drug-likeness (QED) is 0.838. The maximum Gasteiger partial charge on any atom is 0.227 e. The summed E-state index contributed by atoms with van der Waals surface area (Å²) < 4.78 is 1.85. The Morgan fingerprint density at radius 1 is 1.38 bits per heavy atom. The lowest BCUT2D eigenvalue weighted by Gasteiger charge is -2.26. The van der Waals surface area contributed by atoms with E-state index in [1.807, 2.05) is 18.5 Å². The van der Waals surface area contributed by atoms with E-state index in [2.05, 4.69) is 43.3 Å². The zero-order valence-electron chi connectivity index (χ0n) is 14.2. The van der Waals surface area contributed by atoms with Crippen molar-refractivity contribution in [1.82, 2.24) is 24.7 Å². The smallest absolute Gasteiger partial charge is 0.227 e. The van der Waals surface area contributed by atoms with Gasteiger partial charge < -0.3 is 10.2 Å². The van der Waals surface area contributed by atoms with Crippen LogP contribution in [0.2, 0.25) is 5.02 Å². The summed E-state index contributed by atoms with van der Waals surface area (Å²) in [5, 5.41) is 8.03. The van der Waals surface area contributed by atoms with Gasteiger partial charge in [-0.1, -0.05) is 23.3 Å². The number of halogens is 1. The highest BCUT2D eigenvalue weighted by atomic mass is 35.5. The van der Waals surface area contributed by atoms with E-state index in [9.17, 15) is 0 Å². The first-order valence-electron chi connectivity index (χ1n) is 8.15. The standard InChI is InChI=1S/C16H22ClN7/c1-4-24-15(19-10-20-24)12(3)21-14-13(17)8-18-16(22-14)23-7-5-6-11(2)9-23/h6,8,10,12H,4-5,7,9H2,1-3H3,(H,18,21,22). The Balaban J connectivity index is 1.80. The van der Waals surface area contributed by atoms with Crippen LogP contribution >= 0.6 is 11.6 Å². The van der Waals surface area contributed by atoms with E-state index < -0.39 is 0 Å². The molecule has 0 amide bonds. The van der Waals surface area contributed by atoms with Gasteiger partial charge in [-0.05, 0) is 27.2 Å². The van der Waals surface area contributed by atoms with Gasteiger partial charge >= 0.3 is 0 Å². The molecule has 0 spiro atoms. The Kier molecular flexibility index (Phi) is 4.99. The van der Waals surface area contributed by atoms with Gasteiger partial charge in [0.15, 0.2) is 5.82 Å². The number of nitrogens with one attached hydrogen (secondary N) is 1. The van der Waals surface area contributed by atoms with Crippen LogP contribution in [0.25, 0.3) is 0 Å². The summed E-state index contributed by atoms with van der Waals surface area (Å²) >= 11 is 6.28. The van der Waals surface area contributed by atoms with Crippen molar-refractivity contribution in [2.45, 2.75) is 39.8 Å². The fourth-order valence-corrected chi connectivity index (χ4v) is 2.96. The van der Waals surface area contributed by atoms with Crippen LogP contribution in [0.15, 0.2) is 24.2 Å². The highest BCUT2D eigenvalue weighted by molar-refractivity contribution is 6.32. The lowest BCUT2D eigenvalue weighted by molar-refractivity contribution is 0.592. The minimum atomic E-state index is -0.0595. The Labute approximate surface area is 146 Å². The second kappa shape index (κ2) is 7.17. The first-order chi connectivity index (χ1) is 11.6. The van der Waals surface area contributed by atoms with E-state index in [0.29, 0.717) is 16.8 Å². The van der Waals surface area contributed by atoms with Crippen LogP contribution in [0.5, 0.6) is 0 Å². The Hall–Kier alpha value is -2.15. The highest BCUT2D eigenvalue weighted by Gasteiger charge is 2.18. The van der Waals surface area contributed by atoms with Crippen molar-refractivity contribution >= 4 is 23.4 Å². The second-order valence-corrected chi connectivity index (χ2v) is 6.33. The van der Waals surface area contributed by atoms with E-state index in [-0.39, 0.29) is 6.04 Å². The highest BCUT2D eigenvalue weighted by Crippen LogP contribution is 2.26. The van der Waals surface area contributed by atoms with Crippen LogP contribution in [0.4, 0.5) is 11.8 Å². The molecule has 1 N–H and O–H groups in total. The maximum absolute atomic E-state index is 6.28. The fourth-order valence-electron chi connectivity index (χ4n) is 2.82. The van der Waals surface area contributed by atoms with E-state index in [1.165, 1.54) is 5.57 Å². The molecule has 0 saturated carbocycles. The summed E-state index contributed by atoms with van der Waals surface area (Å²) in [6.45, 7) is 8.71. The topological polar surface area (TPSA) is 71.8 Å². The Bertz CT molecular complexity index is 740. The van der Waals surface area contributed by atoms with Crippen LogP contribution in [-0.2, 0) is 6.54 Å². The summed E-state index contributed by atoms with van der Waals surface area (Å²) in [6, 6.07) is -0.0595. The number of rotatable bonds is 5. The zero-order chi connectivity index (χ0) is 17.1. The largest absolute Gasteiger partial charge is 0.359 e. The minimum Gasteiger partial charge on any atom is -0.359 e. The monoisotopic (exact) mass is 347 g/mol. The number of hydrogen-bond acceptors (Lipinski definition) is 6. The molecule has 3 heterocycles. The molecule has 3 rings (SSSR count). The third-order valence-corrected chi connectivity index (χ3v) is 4.31. The summed E-state index contributed by atoms with van der Waals surface area (Å²) in [4.78, 5) is 15.5. The summed E-state index contributed by atoms with van der Waals surface area (Å²) in [7, 11) is 0. The summed E-state index contributed by atoms with van der Waals surface area (Å²) in [6.07, 6.45) is 6.48. The van der Waals surface area contributed by atoms with Crippen molar-refractivity contribution in [3.8, 4) is 0 Å². The predicted octanol–water partition coefficient (Wildman–Crippen LogP) is 3.07. The first kappa shape index (κ1) is 16.7. The second-order valence-electron chi connectivity index (χ2n) is 5.93. The molecule has 1 atom stereocenters. The molecular formula is C16H22ClN7. The summed E-state index contributed by atoms with van der Waals surface area (Å²) in [5.74, 6) is 2.16. The van der Waals surface area contributed by atoms with Crippen molar-refractivity contribution in [1.29, 1.82) is 0 Å². The molecule has 2 aromatic heterocycles. The summed E-state index contributed by atoms with van der Waals surface area (Å²) in [5.41, 5.74) is 1.33. The maximum atomic E-state index is 6.28. The molecule has 1 aliphatic rings. The lowest BCUT2D eigenvalue weighted by Crippen LogP contribution is -2.31. The fraction of sp³-hybridized carbons (Fsp3) is 0.500. The van der Waals surface area contributed by atoms with Gasteiger partial charge in [-0.15, -0.1) is 0 Å². The normalized spacial score (nSPS) is 16.0. The zero-order valence-corrected chi connectivity index (χ0v) is 15.0. The number of aryl methyl sites for hydroxylation is 1. The average molecular weight is 348 g/mol. The van der Waals surface area contributed by atoms with E-state index in [1.54, 1.807) is 12.5 Å². The predicted molar refractivity (Wildman–Crippen MR) is 95.4 cm³/mol. The lowest BCUT2D eigenvalue weighted by atomic mass is 10.1. The van der Waals surface area contributed by atoms with Crippen LogP contribution < -0.4 is 10.2 Å². The van der Waals surface area contributed by atoms with Crippen molar-refractivity contribution < 1.29 is 0 Å². The molecule has 128 valence electrons. The number of hydrogen-bond donors (Lipinski definition) is 1. The molecule has 24 heavy (non-hydrogen) atoms. The third-order valence-electron chi connectivity index (χ3n) is 4.03. The minimum absolute atomic E-state index is 0.0595. The molecular weight excluding hydrogens is 326 g/mol. The van der Waals surface area contributed by atoms with E-state index >= 15 is 0 Å². The van der Waals surface area contributed by atoms with Gasteiger partial charge in [-0.25, -0.2) is 14.6 Å². The molecule has 7 nitrogen and oxygen atoms in total. The van der Waals surface area contributed by atoms with Crippen LogP contribution in [-0.4, -0.2) is 37.8 Å². The van der Waals surface area contributed by atoms with Gasteiger partial charge in [0.1, 0.15) is 17.2 Å². The Morgan fingerprint density at radius 3 is 2.96 bits per heavy atom. The van der Waals surface area contributed by atoms with E-state index in [4.69, 9.17) is 11.6 Å². The number of aromatic nitrogens is 5. The molecule has 0 radical (unpaired) electrons. The van der Waals surface area contributed by atoms with Crippen molar-refractivity contribution in [2.24, 2.45) is 0 Å². The van der Waals surface area contributed by atoms with Gasteiger partial charge in [0.2, 0.25) is 5.95 Å². The number of nitrogens with zero attached hydrogens (tertiary/aromatic N) is 6. The molecule has 0 aliphatic carbocycles. The first-order valence-corrected chi connectivity index (χ1v) is 8.53. The molecule has 0 fully saturated rings. The molecule has 8 heteroatoms. The molecule has 0 aromatic carbocycles. The molecule has 0 bridgehead atoms. The molecule has 1 aliphatic heterocycles. The molecule has 0 saturated heterocycles. The van der Waals surface area contributed by atoms with Gasteiger partial charge in [-0.3, -0.25) is 0 Å². The SMILES string of the molecule is CCn1ncnc1C(C)Nc1nc(N2CCC=C(C)C2)ncc1Cl. The third kappa shape index (κ3) is 3.51. The molecule has 2 aromatic rings. The van der Waals surface area contributed by atoms with Crippen LogP contribution in [0.1, 0.15) is 39.1 Å². The van der Waals surface area contributed by atoms with Crippen molar-refractivity contribution in [3.63, 3.8) is 0 Å². The van der Waals surface area contributed by atoms with Gasteiger partial charge in [0.25, 0.3) is 0 Å².